The van der Waals surface area contributed by atoms with Crippen LogP contribution in [-0.4, -0.2) is 24.8 Å². The third kappa shape index (κ3) is 2.40. The summed E-state index contributed by atoms with van der Waals surface area (Å²) in [5.41, 5.74) is 2.88. The summed E-state index contributed by atoms with van der Waals surface area (Å²) in [6, 6.07) is 8.06. The van der Waals surface area contributed by atoms with Gasteiger partial charge in [0.25, 0.3) is 0 Å². The Kier molecular flexibility index (Phi) is 3.61. The molecule has 0 bridgehead atoms. The van der Waals surface area contributed by atoms with Crippen LogP contribution in [0.5, 0.6) is 0 Å². The molecule has 1 aromatic heterocycles. The summed E-state index contributed by atoms with van der Waals surface area (Å²) in [6.45, 7) is 4.24. The molecule has 3 heteroatoms. The maximum absolute atomic E-state index is 9.00. The van der Waals surface area contributed by atoms with Crippen molar-refractivity contribution in [3.05, 3.63) is 42.7 Å². The number of aliphatic hydroxyl groups excluding tert-OH is 1. The first-order valence-corrected chi connectivity index (χ1v) is 5.71. The molecule has 1 aromatic carbocycles. The second kappa shape index (κ2) is 5.17. The van der Waals surface area contributed by atoms with Crippen LogP contribution in [0, 0.1) is 0 Å². The van der Waals surface area contributed by atoms with Crippen molar-refractivity contribution in [1.82, 2.24) is 5.32 Å². The van der Waals surface area contributed by atoms with Gasteiger partial charge in [0.2, 0.25) is 0 Å². The molecule has 0 spiro atoms. The zero-order valence-electron chi connectivity index (χ0n) is 9.94. The number of hydrogen-bond acceptors (Lipinski definition) is 3. The highest BCUT2D eigenvalue weighted by Gasteiger charge is 2.12. The Morgan fingerprint density at radius 2 is 2.29 bits per heavy atom. The predicted molar refractivity (Wildman–Crippen MR) is 69.8 cm³/mol. The Bertz CT molecular complexity index is 516. The van der Waals surface area contributed by atoms with E-state index in [0.717, 1.165) is 22.1 Å². The number of rotatable bonds is 5. The van der Waals surface area contributed by atoms with E-state index in [1.807, 2.05) is 31.3 Å². The Balaban J connectivity index is 2.28. The summed E-state index contributed by atoms with van der Waals surface area (Å²) in [6.07, 6.45) is 2.34. The summed E-state index contributed by atoms with van der Waals surface area (Å²) in [5, 5.41) is 13.2. The maximum atomic E-state index is 9.00. The highest BCUT2D eigenvalue weighted by molar-refractivity contribution is 5.82. The van der Waals surface area contributed by atoms with Gasteiger partial charge >= 0.3 is 0 Å². The van der Waals surface area contributed by atoms with Crippen molar-refractivity contribution in [2.24, 2.45) is 0 Å². The van der Waals surface area contributed by atoms with Crippen LogP contribution in [0.1, 0.15) is 12.0 Å². The van der Waals surface area contributed by atoms with E-state index < -0.39 is 0 Å². The van der Waals surface area contributed by atoms with Gasteiger partial charge in [0.05, 0.1) is 6.26 Å². The van der Waals surface area contributed by atoms with Crippen LogP contribution in [0.25, 0.3) is 16.5 Å². The highest BCUT2D eigenvalue weighted by atomic mass is 16.3. The molecule has 0 aliphatic heterocycles. The lowest BCUT2D eigenvalue weighted by Gasteiger charge is -2.18. The van der Waals surface area contributed by atoms with E-state index in [1.165, 1.54) is 0 Å². The van der Waals surface area contributed by atoms with Crippen LogP contribution in [-0.2, 0) is 0 Å². The van der Waals surface area contributed by atoms with Crippen LogP contribution in [0.4, 0.5) is 0 Å². The minimum absolute atomic E-state index is 0.0902. The summed E-state index contributed by atoms with van der Waals surface area (Å²) >= 11 is 0. The minimum Gasteiger partial charge on any atom is -0.464 e. The molecule has 17 heavy (non-hydrogen) atoms. The average Bonchev–Trinajstić information content (AvgIpc) is 2.82. The van der Waals surface area contributed by atoms with Crippen molar-refractivity contribution in [3.8, 4) is 0 Å². The van der Waals surface area contributed by atoms with E-state index in [4.69, 9.17) is 9.52 Å². The Hall–Kier alpha value is -1.58. The normalized spacial score (nSPS) is 12.8. The molecular formula is C14H17NO2. The van der Waals surface area contributed by atoms with Crippen LogP contribution in [0.3, 0.4) is 0 Å². The maximum Gasteiger partial charge on any atom is 0.134 e. The van der Waals surface area contributed by atoms with Crippen molar-refractivity contribution in [2.75, 3.05) is 13.7 Å². The molecule has 90 valence electrons. The van der Waals surface area contributed by atoms with E-state index >= 15 is 0 Å². The Morgan fingerprint density at radius 1 is 1.47 bits per heavy atom. The quantitative estimate of drug-likeness (QED) is 0.830. The van der Waals surface area contributed by atoms with Crippen molar-refractivity contribution in [1.29, 1.82) is 0 Å². The number of aliphatic hydroxyl groups is 1. The molecule has 0 aliphatic rings. The number of furan rings is 1. The first-order valence-electron chi connectivity index (χ1n) is 5.71. The third-order valence-electron chi connectivity index (χ3n) is 3.01. The molecule has 0 saturated heterocycles. The minimum atomic E-state index is 0.0902. The van der Waals surface area contributed by atoms with E-state index in [1.54, 1.807) is 6.26 Å². The lowest BCUT2D eigenvalue weighted by Crippen LogP contribution is -2.27. The van der Waals surface area contributed by atoms with Crippen molar-refractivity contribution < 1.29 is 9.52 Å². The molecule has 1 unspecified atom stereocenters. The fourth-order valence-electron chi connectivity index (χ4n) is 1.98. The van der Waals surface area contributed by atoms with Gasteiger partial charge in [-0.05, 0) is 36.7 Å². The summed E-state index contributed by atoms with van der Waals surface area (Å²) < 4.78 is 5.37. The van der Waals surface area contributed by atoms with E-state index in [9.17, 15) is 0 Å². The van der Waals surface area contributed by atoms with Crippen LogP contribution >= 0.6 is 0 Å². The van der Waals surface area contributed by atoms with E-state index in [-0.39, 0.29) is 12.6 Å². The van der Waals surface area contributed by atoms with Gasteiger partial charge in [-0.1, -0.05) is 18.7 Å². The van der Waals surface area contributed by atoms with Crippen LogP contribution < -0.4 is 5.32 Å². The molecule has 2 rings (SSSR count). The lowest BCUT2D eigenvalue weighted by molar-refractivity contribution is 0.279. The summed E-state index contributed by atoms with van der Waals surface area (Å²) in [7, 11) is 1.87. The molecule has 0 radical (unpaired) electrons. The fourth-order valence-corrected chi connectivity index (χ4v) is 1.98. The number of hydrogen-bond donors (Lipinski definition) is 2. The molecular weight excluding hydrogens is 214 g/mol. The summed E-state index contributed by atoms with van der Waals surface area (Å²) in [4.78, 5) is 0. The number of nitrogens with one attached hydrogen (secondary N) is 1. The average molecular weight is 231 g/mol. The topological polar surface area (TPSA) is 45.4 Å². The summed E-state index contributed by atoms with van der Waals surface area (Å²) in [5.74, 6) is 0. The Labute approximate surface area is 101 Å². The molecule has 1 atom stereocenters. The third-order valence-corrected chi connectivity index (χ3v) is 3.01. The van der Waals surface area contributed by atoms with Gasteiger partial charge in [-0.15, -0.1) is 0 Å². The zero-order chi connectivity index (χ0) is 12.3. The van der Waals surface area contributed by atoms with Gasteiger partial charge in [-0.25, -0.2) is 0 Å². The smallest absolute Gasteiger partial charge is 0.134 e. The second-order valence-corrected chi connectivity index (χ2v) is 4.05. The molecule has 1 heterocycles. The number of likely N-dealkylation sites (N-methyl/N-ethyl adjacent to an activating group) is 1. The number of fused-ring (bicyclic) bond motifs is 1. The molecule has 0 saturated carbocycles. The Morgan fingerprint density at radius 3 is 3.00 bits per heavy atom. The van der Waals surface area contributed by atoms with Gasteiger partial charge in [-0.3, -0.25) is 0 Å². The van der Waals surface area contributed by atoms with Crippen LogP contribution in [0.2, 0.25) is 0 Å². The monoisotopic (exact) mass is 231 g/mol. The first-order chi connectivity index (χ1) is 8.26. The molecule has 2 N–H and O–H groups in total. The second-order valence-electron chi connectivity index (χ2n) is 4.05. The van der Waals surface area contributed by atoms with Crippen LogP contribution in [0.15, 0.2) is 41.5 Å². The molecule has 2 aromatic rings. The SMILES string of the molecule is C=C(c1ccc2ccoc2c1)C(CCO)NC. The zero-order valence-corrected chi connectivity index (χ0v) is 9.94. The first kappa shape index (κ1) is 11.9. The predicted octanol–water partition coefficient (Wildman–Crippen LogP) is 2.42. The van der Waals surface area contributed by atoms with Gasteiger partial charge in [0, 0.05) is 18.0 Å². The molecule has 0 amide bonds. The van der Waals surface area contributed by atoms with Gasteiger partial charge in [0.1, 0.15) is 5.58 Å². The van der Waals surface area contributed by atoms with E-state index in [0.29, 0.717) is 6.42 Å². The van der Waals surface area contributed by atoms with Crippen molar-refractivity contribution >= 4 is 16.5 Å². The van der Waals surface area contributed by atoms with Crippen molar-refractivity contribution in [3.63, 3.8) is 0 Å². The molecule has 0 aliphatic carbocycles. The molecule has 3 nitrogen and oxygen atoms in total. The highest BCUT2D eigenvalue weighted by Crippen LogP contribution is 2.23. The van der Waals surface area contributed by atoms with Crippen molar-refractivity contribution in [2.45, 2.75) is 12.5 Å². The lowest BCUT2D eigenvalue weighted by atomic mass is 9.97. The standard InChI is InChI=1S/C14H17NO2/c1-10(13(15-2)5-7-16)12-4-3-11-6-8-17-14(11)9-12/h3-4,6,8-9,13,15-16H,1,5,7H2,2H3. The largest absolute Gasteiger partial charge is 0.464 e. The van der Waals surface area contributed by atoms with Gasteiger partial charge in [0.15, 0.2) is 0 Å². The fraction of sp³-hybridized carbons (Fsp3) is 0.286. The van der Waals surface area contributed by atoms with Gasteiger partial charge < -0.3 is 14.8 Å². The molecule has 0 fully saturated rings. The number of benzene rings is 1. The van der Waals surface area contributed by atoms with Gasteiger partial charge in [-0.2, -0.15) is 0 Å². The van der Waals surface area contributed by atoms with E-state index in [2.05, 4.69) is 11.9 Å².